The molecule has 1 N–H and O–H groups in total. The van der Waals surface area contributed by atoms with Gasteiger partial charge in [-0.1, -0.05) is 6.92 Å². The zero-order valence-electron chi connectivity index (χ0n) is 9.09. The number of halogens is 4. The zero-order chi connectivity index (χ0) is 13.1. The van der Waals surface area contributed by atoms with Crippen LogP contribution in [0.25, 0.3) is 0 Å². The summed E-state index contributed by atoms with van der Waals surface area (Å²) < 4.78 is 37.7. The Labute approximate surface area is 111 Å². The van der Waals surface area contributed by atoms with Gasteiger partial charge in [0.2, 0.25) is 0 Å². The van der Waals surface area contributed by atoms with E-state index in [0.29, 0.717) is 10.9 Å². The molecule has 1 unspecified atom stereocenters. The molecule has 0 heterocycles. The van der Waals surface area contributed by atoms with Gasteiger partial charge < -0.3 is 5.11 Å². The molecule has 96 valence electrons. The summed E-state index contributed by atoms with van der Waals surface area (Å²) in [6, 6.07) is 3.60. The molecule has 6 heteroatoms. The molecule has 1 nitrogen and oxygen atoms in total. The highest BCUT2D eigenvalue weighted by Crippen LogP contribution is 2.37. The quantitative estimate of drug-likeness (QED) is 0.830. The molecule has 0 bridgehead atoms. The second kappa shape index (κ2) is 6.11. The molecule has 0 saturated carbocycles. The van der Waals surface area contributed by atoms with E-state index in [-0.39, 0.29) is 11.9 Å². The maximum atomic E-state index is 12.4. The van der Waals surface area contributed by atoms with Crippen LogP contribution >= 0.6 is 27.7 Å². The van der Waals surface area contributed by atoms with Gasteiger partial charge in [0.15, 0.2) is 0 Å². The van der Waals surface area contributed by atoms with Gasteiger partial charge in [-0.3, -0.25) is 0 Å². The number of rotatable bonds is 4. The molecule has 0 amide bonds. The Kier molecular flexibility index (Phi) is 5.34. The lowest BCUT2D eigenvalue weighted by atomic mass is 10.2. The summed E-state index contributed by atoms with van der Waals surface area (Å²) in [7, 11) is 0. The highest BCUT2D eigenvalue weighted by molar-refractivity contribution is 9.10. The molecular formula is C11H12BrF3OS. The second-order valence-electron chi connectivity index (χ2n) is 3.58. The van der Waals surface area contributed by atoms with Crippen molar-refractivity contribution in [1.82, 2.24) is 0 Å². The van der Waals surface area contributed by atoms with Crippen molar-refractivity contribution in [2.75, 3.05) is 6.61 Å². The molecule has 0 aromatic heterocycles. The molecule has 1 aromatic carbocycles. The third-order valence-electron chi connectivity index (χ3n) is 2.12. The number of aliphatic hydroxyl groups excluding tert-OH is 1. The van der Waals surface area contributed by atoms with E-state index in [1.807, 2.05) is 6.92 Å². The Morgan fingerprint density at radius 3 is 2.53 bits per heavy atom. The predicted molar refractivity (Wildman–Crippen MR) is 66.2 cm³/mol. The zero-order valence-corrected chi connectivity index (χ0v) is 11.5. The maximum absolute atomic E-state index is 12.4. The minimum atomic E-state index is -4.32. The Morgan fingerprint density at radius 1 is 1.41 bits per heavy atom. The van der Waals surface area contributed by atoms with Crippen LogP contribution in [0.3, 0.4) is 0 Å². The summed E-state index contributed by atoms with van der Waals surface area (Å²) >= 11 is 4.58. The molecule has 0 aliphatic carbocycles. The molecule has 1 atom stereocenters. The minimum absolute atomic E-state index is 0.0758. The van der Waals surface area contributed by atoms with Crippen molar-refractivity contribution in [2.24, 2.45) is 0 Å². The summed E-state index contributed by atoms with van der Waals surface area (Å²) in [6.45, 7) is 2.00. The monoisotopic (exact) mass is 328 g/mol. The first kappa shape index (κ1) is 14.9. The average Bonchev–Trinajstić information content (AvgIpc) is 2.20. The van der Waals surface area contributed by atoms with E-state index in [0.717, 1.165) is 17.0 Å². The van der Waals surface area contributed by atoms with Crippen LogP contribution in [0.4, 0.5) is 13.2 Å². The van der Waals surface area contributed by atoms with Crippen LogP contribution in [0.2, 0.25) is 0 Å². The first-order valence-corrected chi connectivity index (χ1v) is 6.66. The molecular weight excluding hydrogens is 317 g/mol. The van der Waals surface area contributed by atoms with Crippen molar-refractivity contribution in [3.05, 3.63) is 28.2 Å². The van der Waals surface area contributed by atoms with Gasteiger partial charge >= 0.3 is 6.18 Å². The Balaban J connectivity index is 2.83. The maximum Gasteiger partial charge on any atom is 0.416 e. The van der Waals surface area contributed by atoms with Gasteiger partial charge in [-0.2, -0.15) is 13.2 Å². The van der Waals surface area contributed by atoms with Crippen LogP contribution in [0.5, 0.6) is 0 Å². The third kappa shape index (κ3) is 4.52. The minimum Gasteiger partial charge on any atom is -0.396 e. The van der Waals surface area contributed by atoms with E-state index in [9.17, 15) is 13.2 Å². The summed E-state index contributed by atoms with van der Waals surface area (Å²) in [6.07, 6.45) is -3.71. The summed E-state index contributed by atoms with van der Waals surface area (Å²) in [5.41, 5.74) is -0.663. The standard InChI is InChI=1S/C11H12BrF3OS/c1-7(4-5-16)17-10-3-2-8(6-9(10)12)11(13,14)15/h2-3,6-7,16H,4-5H2,1H3. The molecule has 0 aliphatic heterocycles. The van der Waals surface area contributed by atoms with Gasteiger partial charge in [0, 0.05) is 21.2 Å². The van der Waals surface area contributed by atoms with Crippen LogP contribution in [0.1, 0.15) is 18.9 Å². The van der Waals surface area contributed by atoms with Crippen LogP contribution in [0.15, 0.2) is 27.6 Å². The number of alkyl halides is 3. The van der Waals surface area contributed by atoms with Crippen molar-refractivity contribution >= 4 is 27.7 Å². The number of hydrogen-bond donors (Lipinski definition) is 1. The topological polar surface area (TPSA) is 20.2 Å². The predicted octanol–water partition coefficient (Wildman–Crippen LogP) is 4.33. The first-order valence-electron chi connectivity index (χ1n) is 4.99. The fraction of sp³-hybridized carbons (Fsp3) is 0.455. The Bertz CT molecular complexity index is 381. The van der Waals surface area contributed by atoms with Crippen LogP contribution in [0, 0.1) is 0 Å². The normalized spacial score (nSPS) is 13.8. The van der Waals surface area contributed by atoms with Gasteiger partial charge in [0.1, 0.15) is 0 Å². The van der Waals surface area contributed by atoms with Crippen LogP contribution < -0.4 is 0 Å². The van der Waals surface area contributed by atoms with Crippen LogP contribution in [-0.4, -0.2) is 17.0 Å². The van der Waals surface area contributed by atoms with Crippen molar-refractivity contribution in [1.29, 1.82) is 0 Å². The van der Waals surface area contributed by atoms with Crippen molar-refractivity contribution in [2.45, 2.75) is 29.7 Å². The summed E-state index contributed by atoms with van der Waals surface area (Å²) in [4.78, 5) is 0.749. The Hall–Kier alpha value is -0.200. The van der Waals surface area contributed by atoms with Gasteiger partial charge in [0.05, 0.1) is 5.56 Å². The van der Waals surface area contributed by atoms with Crippen LogP contribution in [-0.2, 0) is 6.18 Å². The largest absolute Gasteiger partial charge is 0.416 e. The van der Waals surface area contributed by atoms with Gasteiger partial charge in [-0.25, -0.2) is 0 Å². The van der Waals surface area contributed by atoms with Crippen molar-refractivity contribution in [3.63, 3.8) is 0 Å². The lowest BCUT2D eigenvalue weighted by Gasteiger charge is -2.13. The fourth-order valence-corrected chi connectivity index (χ4v) is 2.86. The highest BCUT2D eigenvalue weighted by atomic mass is 79.9. The molecule has 0 fully saturated rings. The summed E-state index contributed by atoms with van der Waals surface area (Å²) in [5.74, 6) is 0. The summed E-state index contributed by atoms with van der Waals surface area (Å²) in [5, 5.41) is 8.92. The Morgan fingerprint density at radius 2 is 2.06 bits per heavy atom. The lowest BCUT2D eigenvalue weighted by molar-refractivity contribution is -0.137. The van der Waals surface area contributed by atoms with Gasteiger partial charge in [-0.15, -0.1) is 11.8 Å². The highest BCUT2D eigenvalue weighted by Gasteiger charge is 2.30. The van der Waals surface area contributed by atoms with Gasteiger partial charge in [0.25, 0.3) is 0 Å². The average molecular weight is 329 g/mol. The molecule has 1 aromatic rings. The smallest absolute Gasteiger partial charge is 0.396 e. The molecule has 0 saturated heterocycles. The van der Waals surface area contributed by atoms with Crippen molar-refractivity contribution in [3.8, 4) is 0 Å². The van der Waals surface area contributed by atoms with E-state index >= 15 is 0 Å². The molecule has 17 heavy (non-hydrogen) atoms. The van der Waals surface area contributed by atoms with E-state index < -0.39 is 11.7 Å². The number of thioether (sulfide) groups is 1. The lowest BCUT2D eigenvalue weighted by Crippen LogP contribution is -2.05. The van der Waals surface area contributed by atoms with E-state index in [4.69, 9.17) is 5.11 Å². The number of benzene rings is 1. The van der Waals surface area contributed by atoms with Crippen molar-refractivity contribution < 1.29 is 18.3 Å². The van der Waals surface area contributed by atoms with E-state index in [2.05, 4.69) is 15.9 Å². The second-order valence-corrected chi connectivity index (χ2v) is 5.92. The SMILES string of the molecule is CC(CCO)Sc1ccc(C(F)(F)F)cc1Br. The third-order valence-corrected chi connectivity index (χ3v) is 4.29. The number of aliphatic hydroxyl groups is 1. The van der Waals surface area contributed by atoms with E-state index in [1.165, 1.54) is 17.8 Å². The molecule has 0 aliphatic rings. The fourth-order valence-electron chi connectivity index (χ4n) is 1.23. The van der Waals surface area contributed by atoms with E-state index in [1.54, 1.807) is 0 Å². The van der Waals surface area contributed by atoms with Gasteiger partial charge in [-0.05, 0) is 40.5 Å². The number of hydrogen-bond acceptors (Lipinski definition) is 2. The molecule has 0 radical (unpaired) electrons. The molecule has 0 spiro atoms. The first-order chi connectivity index (χ1) is 7.84. The molecule has 1 rings (SSSR count).